The summed E-state index contributed by atoms with van der Waals surface area (Å²) in [6.45, 7) is 2.42. The van der Waals surface area contributed by atoms with E-state index in [-0.39, 0.29) is 18.9 Å². The van der Waals surface area contributed by atoms with Gasteiger partial charge in [0.2, 0.25) is 5.91 Å². The normalized spacial score (nSPS) is 10.5. The molecular formula is C17H32NO3-. The molecule has 1 amide bonds. The van der Waals surface area contributed by atoms with E-state index in [1.54, 1.807) is 0 Å². The standard InChI is InChI=1S/C17H33NO3/c1-2-3-4-5-6-7-8-9-10-11-12-13-16(19)18-15-14-17(20)21/h2-15H2,1H3,(H,18,19)(H,20,21)/p-1. The van der Waals surface area contributed by atoms with Crippen molar-refractivity contribution in [3.8, 4) is 0 Å². The molecule has 0 rings (SSSR count). The molecule has 0 aliphatic heterocycles. The van der Waals surface area contributed by atoms with Crippen LogP contribution in [0, 0.1) is 0 Å². The maximum atomic E-state index is 11.4. The molecule has 0 fully saturated rings. The fraction of sp³-hybridized carbons (Fsp3) is 0.882. The lowest BCUT2D eigenvalue weighted by molar-refractivity contribution is -0.305. The Morgan fingerprint density at radius 2 is 1.24 bits per heavy atom. The van der Waals surface area contributed by atoms with Crippen molar-refractivity contribution in [2.45, 2.75) is 90.4 Å². The molecule has 0 aliphatic rings. The third kappa shape index (κ3) is 16.9. The predicted molar refractivity (Wildman–Crippen MR) is 83.7 cm³/mol. The lowest BCUT2D eigenvalue weighted by Crippen LogP contribution is -2.30. The minimum absolute atomic E-state index is 0.0489. The zero-order valence-electron chi connectivity index (χ0n) is 13.6. The van der Waals surface area contributed by atoms with Crippen LogP contribution in [0.25, 0.3) is 0 Å². The zero-order chi connectivity index (χ0) is 15.8. The summed E-state index contributed by atoms with van der Waals surface area (Å²) >= 11 is 0. The van der Waals surface area contributed by atoms with Crippen LogP contribution in [0.5, 0.6) is 0 Å². The SMILES string of the molecule is CCCCCCCCCCCCCC(=O)NCCC(=O)[O-]. The average molecular weight is 298 g/mol. The van der Waals surface area contributed by atoms with E-state index in [0.717, 1.165) is 12.8 Å². The van der Waals surface area contributed by atoms with Crippen LogP contribution < -0.4 is 10.4 Å². The largest absolute Gasteiger partial charge is 0.550 e. The molecule has 0 unspecified atom stereocenters. The molecule has 0 radical (unpaired) electrons. The number of carboxylic acids is 1. The molecule has 21 heavy (non-hydrogen) atoms. The Hall–Kier alpha value is -1.06. The van der Waals surface area contributed by atoms with E-state index in [0.29, 0.717) is 6.42 Å². The van der Waals surface area contributed by atoms with E-state index in [2.05, 4.69) is 12.2 Å². The van der Waals surface area contributed by atoms with Crippen LogP contribution in [-0.4, -0.2) is 18.4 Å². The number of carbonyl (C=O) groups excluding carboxylic acids is 2. The smallest absolute Gasteiger partial charge is 0.220 e. The molecule has 0 bridgehead atoms. The highest BCUT2D eigenvalue weighted by atomic mass is 16.4. The summed E-state index contributed by atoms with van der Waals surface area (Å²) in [6, 6.07) is 0. The average Bonchev–Trinajstić information content (AvgIpc) is 2.44. The van der Waals surface area contributed by atoms with Crippen molar-refractivity contribution in [2.24, 2.45) is 0 Å². The first-order valence-corrected chi connectivity index (χ1v) is 8.63. The number of rotatable bonds is 15. The van der Waals surface area contributed by atoms with Gasteiger partial charge in [0, 0.05) is 25.4 Å². The molecule has 0 saturated carbocycles. The van der Waals surface area contributed by atoms with Crippen molar-refractivity contribution in [2.75, 3.05) is 6.54 Å². The Morgan fingerprint density at radius 1 is 0.762 bits per heavy atom. The van der Waals surface area contributed by atoms with Gasteiger partial charge in [0.05, 0.1) is 0 Å². The van der Waals surface area contributed by atoms with Crippen LogP contribution in [-0.2, 0) is 9.59 Å². The summed E-state index contributed by atoms with van der Waals surface area (Å²) in [5.41, 5.74) is 0. The van der Waals surface area contributed by atoms with Gasteiger partial charge in [-0.2, -0.15) is 0 Å². The van der Waals surface area contributed by atoms with E-state index >= 15 is 0 Å². The molecule has 0 heterocycles. The maximum Gasteiger partial charge on any atom is 0.220 e. The van der Waals surface area contributed by atoms with Gasteiger partial charge in [-0.25, -0.2) is 0 Å². The van der Waals surface area contributed by atoms with E-state index in [9.17, 15) is 14.7 Å². The van der Waals surface area contributed by atoms with Crippen LogP contribution in [0.4, 0.5) is 0 Å². The topological polar surface area (TPSA) is 69.2 Å². The van der Waals surface area contributed by atoms with E-state index in [1.165, 1.54) is 57.8 Å². The number of carbonyl (C=O) groups is 2. The first-order chi connectivity index (χ1) is 10.2. The molecule has 0 aliphatic carbocycles. The molecule has 4 nitrogen and oxygen atoms in total. The van der Waals surface area contributed by atoms with Crippen LogP contribution in [0.3, 0.4) is 0 Å². The lowest BCUT2D eigenvalue weighted by Gasteiger charge is -2.05. The maximum absolute atomic E-state index is 11.4. The highest BCUT2D eigenvalue weighted by Gasteiger charge is 2.00. The quantitative estimate of drug-likeness (QED) is 0.473. The monoisotopic (exact) mass is 298 g/mol. The van der Waals surface area contributed by atoms with E-state index < -0.39 is 5.97 Å². The van der Waals surface area contributed by atoms with Gasteiger partial charge >= 0.3 is 0 Å². The Labute approximate surface area is 129 Å². The third-order valence-electron chi connectivity index (χ3n) is 3.66. The highest BCUT2D eigenvalue weighted by Crippen LogP contribution is 2.11. The Balaban J connectivity index is 3.14. The number of aliphatic carboxylic acids is 1. The molecule has 4 heteroatoms. The number of hydrogen-bond donors (Lipinski definition) is 1. The van der Waals surface area contributed by atoms with Crippen molar-refractivity contribution >= 4 is 11.9 Å². The van der Waals surface area contributed by atoms with Crippen molar-refractivity contribution in [3.63, 3.8) is 0 Å². The molecule has 0 aromatic rings. The van der Waals surface area contributed by atoms with Crippen molar-refractivity contribution in [1.82, 2.24) is 5.32 Å². The highest BCUT2D eigenvalue weighted by molar-refractivity contribution is 5.76. The molecular weight excluding hydrogens is 266 g/mol. The number of carboxylic acid groups (broad SMARTS) is 1. The Bertz CT molecular complexity index is 267. The lowest BCUT2D eigenvalue weighted by atomic mass is 10.1. The van der Waals surface area contributed by atoms with Gasteiger partial charge in [-0.1, -0.05) is 71.1 Å². The molecule has 124 valence electrons. The number of amides is 1. The van der Waals surface area contributed by atoms with E-state index in [4.69, 9.17) is 0 Å². The van der Waals surface area contributed by atoms with E-state index in [1.807, 2.05) is 0 Å². The number of unbranched alkanes of at least 4 members (excludes halogenated alkanes) is 10. The summed E-state index contributed by atoms with van der Waals surface area (Å²) in [4.78, 5) is 21.5. The van der Waals surface area contributed by atoms with Gasteiger partial charge in [0.15, 0.2) is 0 Å². The summed E-state index contributed by atoms with van der Waals surface area (Å²) in [7, 11) is 0. The van der Waals surface area contributed by atoms with Crippen molar-refractivity contribution in [1.29, 1.82) is 0 Å². The second-order valence-electron chi connectivity index (χ2n) is 5.76. The van der Waals surface area contributed by atoms with Gasteiger partial charge in [0.1, 0.15) is 0 Å². The van der Waals surface area contributed by atoms with Crippen molar-refractivity contribution in [3.05, 3.63) is 0 Å². The molecule has 1 N–H and O–H groups in total. The fourth-order valence-corrected chi connectivity index (χ4v) is 2.34. The predicted octanol–water partition coefficient (Wildman–Crippen LogP) is 2.94. The summed E-state index contributed by atoms with van der Waals surface area (Å²) < 4.78 is 0. The molecule has 0 aromatic heterocycles. The molecule has 0 spiro atoms. The third-order valence-corrected chi connectivity index (χ3v) is 3.66. The summed E-state index contributed by atoms with van der Waals surface area (Å²) in [6.07, 6.45) is 14.3. The van der Waals surface area contributed by atoms with Gasteiger partial charge < -0.3 is 15.2 Å². The minimum atomic E-state index is -1.12. The summed E-state index contributed by atoms with van der Waals surface area (Å²) in [5, 5.41) is 12.8. The van der Waals surface area contributed by atoms with Gasteiger partial charge in [-0.15, -0.1) is 0 Å². The van der Waals surface area contributed by atoms with Crippen molar-refractivity contribution < 1.29 is 14.7 Å². The number of hydrogen-bond acceptors (Lipinski definition) is 3. The fourth-order valence-electron chi connectivity index (χ4n) is 2.34. The van der Waals surface area contributed by atoms with Gasteiger partial charge in [-0.05, 0) is 6.42 Å². The van der Waals surface area contributed by atoms with Crippen LogP contribution in [0.2, 0.25) is 0 Å². The minimum Gasteiger partial charge on any atom is -0.550 e. The molecule has 0 atom stereocenters. The van der Waals surface area contributed by atoms with Gasteiger partial charge in [-0.3, -0.25) is 4.79 Å². The van der Waals surface area contributed by atoms with Gasteiger partial charge in [0.25, 0.3) is 0 Å². The number of nitrogens with one attached hydrogen (secondary N) is 1. The second kappa shape index (κ2) is 15.3. The second-order valence-corrected chi connectivity index (χ2v) is 5.76. The van der Waals surface area contributed by atoms with Crippen LogP contribution >= 0.6 is 0 Å². The first-order valence-electron chi connectivity index (χ1n) is 8.63. The Kier molecular flexibility index (Phi) is 14.6. The molecule has 0 aromatic carbocycles. The van der Waals surface area contributed by atoms with Crippen LogP contribution in [0.1, 0.15) is 90.4 Å². The zero-order valence-corrected chi connectivity index (χ0v) is 13.6. The Morgan fingerprint density at radius 3 is 1.71 bits per heavy atom. The first kappa shape index (κ1) is 19.9. The summed E-state index contributed by atoms with van der Waals surface area (Å²) in [5.74, 6) is -1.17. The molecule has 0 saturated heterocycles. The van der Waals surface area contributed by atoms with Crippen LogP contribution in [0.15, 0.2) is 0 Å².